The second kappa shape index (κ2) is 13.8. The van der Waals surface area contributed by atoms with Crippen molar-refractivity contribution in [1.82, 2.24) is 4.31 Å². The largest absolute Gasteiger partial charge is 0.489 e. The smallest absolute Gasteiger partial charge is 0.387 e. The first-order valence-electron chi connectivity index (χ1n) is 13.7. The van der Waals surface area contributed by atoms with E-state index in [2.05, 4.69) is 9.72 Å². The molecule has 3 N–H and O–H groups in total. The molecule has 1 saturated heterocycles. The van der Waals surface area contributed by atoms with Gasteiger partial charge in [-0.15, -0.1) is 0 Å². The van der Waals surface area contributed by atoms with E-state index in [9.17, 15) is 22.0 Å². The zero-order valence-electron chi connectivity index (χ0n) is 23.3. The van der Waals surface area contributed by atoms with E-state index in [1.54, 1.807) is 0 Å². The molecule has 0 amide bonds. The molecule has 1 unspecified atom stereocenters. The molecule has 2 heterocycles. The number of rotatable bonds is 12. The molecule has 1 saturated carbocycles. The highest BCUT2D eigenvalue weighted by Gasteiger charge is 2.36. The van der Waals surface area contributed by atoms with Crippen molar-refractivity contribution in [1.29, 1.82) is 0 Å². The van der Waals surface area contributed by atoms with Gasteiger partial charge in [0.15, 0.2) is 30.0 Å². The van der Waals surface area contributed by atoms with E-state index >= 15 is 0 Å². The van der Waals surface area contributed by atoms with Crippen LogP contribution in [0.15, 0.2) is 59.8 Å². The quantitative estimate of drug-likeness (QED) is 0.216. The summed E-state index contributed by atoms with van der Waals surface area (Å²) >= 11 is 12.8. The molecule has 1 aromatic heterocycles. The van der Waals surface area contributed by atoms with Gasteiger partial charge in [-0.05, 0) is 60.7 Å². The molecule has 2 atom stereocenters. The summed E-state index contributed by atoms with van der Waals surface area (Å²) < 4.78 is 75.9. The molecular weight excluding hydrogens is 643 g/mol. The van der Waals surface area contributed by atoms with E-state index in [0.29, 0.717) is 29.3 Å². The number of pyridine rings is 1. The summed E-state index contributed by atoms with van der Waals surface area (Å²) in [7, 11) is -3.95. The number of morpholine rings is 1. The van der Waals surface area contributed by atoms with E-state index in [4.69, 9.17) is 43.1 Å². The van der Waals surface area contributed by atoms with Gasteiger partial charge in [0.25, 0.3) is 0 Å². The maximum atomic E-state index is 13.5. The molecule has 0 bridgehead atoms. The minimum absolute atomic E-state index is 0.00459. The lowest BCUT2D eigenvalue weighted by Crippen LogP contribution is -2.49. The maximum Gasteiger partial charge on any atom is 0.387 e. The fourth-order valence-electron chi connectivity index (χ4n) is 4.60. The molecule has 3 aromatic rings. The summed E-state index contributed by atoms with van der Waals surface area (Å²) in [5.74, 6) is -0.626. The molecule has 15 heteroatoms. The van der Waals surface area contributed by atoms with E-state index < -0.39 is 34.8 Å². The third kappa shape index (κ3) is 7.88. The van der Waals surface area contributed by atoms with Crippen molar-refractivity contribution in [2.75, 3.05) is 32.0 Å². The molecule has 0 spiro atoms. The molecule has 2 aromatic carbocycles. The Bertz CT molecular complexity index is 1570. The summed E-state index contributed by atoms with van der Waals surface area (Å²) in [6.07, 6.45) is 2.66. The lowest BCUT2D eigenvalue weighted by atomic mass is 10.0. The van der Waals surface area contributed by atoms with Crippen molar-refractivity contribution in [2.45, 2.75) is 43.0 Å². The van der Waals surface area contributed by atoms with Crippen molar-refractivity contribution < 1.29 is 45.9 Å². The minimum atomic E-state index is -3.95. The molecular formula is C29H30Cl2F2N3O7S+. The Morgan fingerprint density at radius 2 is 1.80 bits per heavy atom. The van der Waals surface area contributed by atoms with Gasteiger partial charge in [0.2, 0.25) is 10.0 Å². The predicted octanol–water partition coefficient (Wildman–Crippen LogP) is 4.70. The number of nitrogens with zero attached hydrogens (tertiary/aromatic N) is 1. The second-order valence-electron chi connectivity index (χ2n) is 10.4. The van der Waals surface area contributed by atoms with E-state index in [1.165, 1.54) is 54.9 Å². The molecule has 236 valence electrons. The Kier molecular flexibility index (Phi) is 10.1. The molecule has 1 aliphatic heterocycles. The Hall–Kier alpha value is -3.23. The van der Waals surface area contributed by atoms with Crippen LogP contribution in [0.3, 0.4) is 0 Å². The zero-order chi connectivity index (χ0) is 31.4. The maximum absolute atomic E-state index is 13.5. The average Bonchev–Trinajstić information content (AvgIpc) is 3.83. The number of carbonyl (C=O) groups is 1. The Balaban J connectivity index is 1.41. The summed E-state index contributed by atoms with van der Waals surface area (Å²) in [4.78, 5) is 16.3. The summed E-state index contributed by atoms with van der Waals surface area (Å²) in [5, 5.41) is 0.548. The highest BCUT2D eigenvalue weighted by atomic mass is 35.5. The van der Waals surface area contributed by atoms with E-state index in [0.717, 1.165) is 17.1 Å². The van der Waals surface area contributed by atoms with Crippen molar-refractivity contribution >= 4 is 44.9 Å². The Morgan fingerprint density at radius 1 is 1.09 bits per heavy atom. The second-order valence-corrected chi connectivity index (χ2v) is 13.1. The lowest BCUT2D eigenvalue weighted by molar-refractivity contribution is -0.377. The molecule has 5 rings (SSSR count). The first kappa shape index (κ1) is 32.2. The van der Waals surface area contributed by atoms with Crippen LogP contribution in [0, 0.1) is 5.92 Å². The SMILES string of the molecule is Nc1ccc(S(=O)(=O)N2CCOC(C(=O)O[C@@H](Cc3c(Cl)c[nH+]cc3Cl)c3ccc(OC(F)F)c(OCC4CC4)c3)C2)cc1. The topological polar surface area (TPSA) is 132 Å². The van der Waals surface area contributed by atoms with Crippen LogP contribution in [0.4, 0.5) is 14.5 Å². The number of hydrogen-bond donors (Lipinski definition) is 1. The van der Waals surface area contributed by atoms with Crippen LogP contribution < -0.4 is 20.2 Å². The molecule has 2 aliphatic rings. The number of hydrogen-bond acceptors (Lipinski definition) is 8. The van der Waals surface area contributed by atoms with Crippen LogP contribution in [-0.4, -0.2) is 57.7 Å². The van der Waals surface area contributed by atoms with Crippen LogP contribution in [0.5, 0.6) is 11.5 Å². The number of aromatic amines is 1. The Labute approximate surface area is 263 Å². The molecule has 0 radical (unpaired) electrons. The summed E-state index contributed by atoms with van der Waals surface area (Å²) in [6, 6.07) is 9.97. The van der Waals surface area contributed by atoms with E-state index in [1.807, 2.05) is 0 Å². The fraction of sp³-hybridized carbons (Fsp3) is 0.379. The van der Waals surface area contributed by atoms with Gasteiger partial charge < -0.3 is 24.7 Å². The number of aromatic nitrogens is 1. The third-order valence-electron chi connectivity index (χ3n) is 7.18. The monoisotopic (exact) mass is 672 g/mol. The number of nitrogens with one attached hydrogen (secondary N) is 1. The van der Waals surface area contributed by atoms with Crippen molar-refractivity contribution in [3.8, 4) is 11.5 Å². The van der Waals surface area contributed by atoms with Gasteiger partial charge in [0.1, 0.15) is 16.1 Å². The van der Waals surface area contributed by atoms with Gasteiger partial charge in [0, 0.05) is 24.2 Å². The normalized spacial score (nSPS) is 18.2. The number of benzene rings is 2. The van der Waals surface area contributed by atoms with E-state index in [-0.39, 0.29) is 52.6 Å². The molecule has 2 fully saturated rings. The van der Waals surface area contributed by atoms with Crippen LogP contribution in [0.1, 0.15) is 30.1 Å². The lowest BCUT2D eigenvalue weighted by Gasteiger charge is -2.32. The minimum Gasteiger partial charge on any atom is -0.489 e. The molecule has 1 aliphatic carbocycles. The van der Waals surface area contributed by atoms with Gasteiger partial charge in [0.05, 0.1) is 24.7 Å². The fourth-order valence-corrected chi connectivity index (χ4v) is 6.56. The molecule has 10 nitrogen and oxygen atoms in total. The molecule has 44 heavy (non-hydrogen) atoms. The van der Waals surface area contributed by atoms with Gasteiger partial charge in [-0.1, -0.05) is 29.3 Å². The van der Waals surface area contributed by atoms with Gasteiger partial charge in [-0.25, -0.2) is 18.2 Å². The number of H-pyrrole nitrogens is 1. The number of nitrogen functional groups attached to an aromatic ring is 1. The Morgan fingerprint density at radius 3 is 2.45 bits per heavy atom. The summed E-state index contributed by atoms with van der Waals surface area (Å²) in [5.41, 5.74) is 6.94. The van der Waals surface area contributed by atoms with Gasteiger partial charge in [-0.3, -0.25) is 0 Å². The standard InChI is InChI=1S/C29H29Cl2F2N3O7S/c30-22-13-35-14-23(31)21(22)12-25(18-3-8-24(43-29(32)33)26(11-18)41-16-17-1-2-17)42-28(37)27-15-36(9-10-40-27)44(38,39)20-6-4-19(34)5-7-20/h3-8,11,13-14,17,25,27,29H,1-2,9-10,12,15-16,34H2/p+1/t25-,27?/m0/s1. The number of alkyl halides is 2. The van der Waals surface area contributed by atoms with Crippen LogP contribution >= 0.6 is 23.2 Å². The van der Waals surface area contributed by atoms with Crippen LogP contribution in [0.2, 0.25) is 10.0 Å². The van der Waals surface area contributed by atoms with Crippen molar-refractivity contribution in [3.63, 3.8) is 0 Å². The summed E-state index contributed by atoms with van der Waals surface area (Å²) in [6.45, 7) is -3.08. The number of ether oxygens (including phenoxy) is 4. The number of anilines is 1. The number of halogens is 4. The highest BCUT2D eigenvalue weighted by molar-refractivity contribution is 7.89. The van der Waals surface area contributed by atoms with Crippen molar-refractivity contribution in [2.24, 2.45) is 5.92 Å². The number of carbonyl (C=O) groups excluding carboxylic acids is 1. The first-order chi connectivity index (χ1) is 21.0. The number of sulfonamides is 1. The van der Waals surface area contributed by atoms with Crippen LogP contribution in [0.25, 0.3) is 0 Å². The predicted molar refractivity (Wildman–Crippen MR) is 156 cm³/mol. The van der Waals surface area contributed by atoms with Crippen LogP contribution in [-0.2, 0) is 30.7 Å². The number of esters is 1. The van der Waals surface area contributed by atoms with Gasteiger partial charge >= 0.3 is 12.6 Å². The van der Waals surface area contributed by atoms with Gasteiger partial charge in [-0.2, -0.15) is 13.1 Å². The third-order valence-corrected chi connectivity index (χ3v) is 9.74. The average molecular weight is 674 g/mol. The number of nitrogens with two attached hydrogens (primary N) is 1. The van der Waals surface area contributed by atoms with Crippen molar-refractivity contribution in [3.05, 3.63) is 76.0 Å². The first-order valence-corrected chi connectivity index (χ1v) is 15.9. The highest BCUT2D eigenvalue weighted by Crippen LogP contribution is 2.38. The zero-order valence-corrected chi connectivity index (χ0v) is 25.6.